The second kappa shape index (κ2) is 6.89. The summed E-state index contributed by atoms with van der Waals surface area (Å²) in [6.45, 7) is 1.97. The summed E-state index contributed by atoms with van der Waals surface area (Å²) >= 11 is 7.55. The largest absolute Gasteiger partial charge is 0.497 e. The van der Waals surface area contributed by atoms with Crippen molar-refractivity contribution >= 4 is 39.7 Å². The minimum atomic E-state index is 0.387. The first kappa shape index (κ1) is 16.7. The molecule has 0 atom stereocenters. The third kappa shape index (κ3) is 3.21. The van der Waals surface area contributed by atoms with Crippen molar-refractivity contribution in [2.24, 2.45) is 0 Å². The van der Waals surface area contributed by atoms with Crippen molar-refractivity contribution in [1.82, 2.24) is 24.6 Å². The average Bonchev–Trinajstić information content (AvgIpc) is 3.21. The number of hydrogen-bond acceptors (Lipinski definition) is 7. The highest BCUT2D eigenvalue weighted by Crippen LogP contribution is 2.28. The monoisotopic (exact) mass is 386 g/mol. The third-order valence-electron chi connectivity index (χ3n) is 3.74. The Labute approximate surface area is 158 Å². The molecular weight excluding hydrogens is 372 g/mol. The Morgan fingerprint density at radius 1 is 1.23 bits per heavy atom. The Morgan fingerprint density at radius 2 is 2.12 bits per heavy atom. The van der Waals surface area contributed by atoms with Crippen LogP contribution in [0.15, 0.2) is 35.7 Å². The van der Waals surface area contributed by atoms with Gasteiger partial charge in [0.2, 0.25) is 10.9 Å². The number of methoxy groups -OCH3 is 1. The van der Waals surface area contributed by atoms with Gasteiger partial charge in [0.1, 0.15) is 22.5 Å². The zero-order valence-corrected chi connectivity index (χ0v) is 15.7. The predicted octanol–water partition coefficient (Wildman–Crippen LogP) is 4.22. The fourth-order valence-electron chi connectivity index (χ4n) is 2.52. The fourth-order valence-corrected chi connectivity index (χ4v) is 3.55. The van der Waals surface area contributed by atoms with E-state index in [1.807, 2.05) is 36.6 Å². The summed E-state index contributed by atoms with van der Waals surface area (Å²) in [5, 5.41) is 10.1. The second-order valence-corrected chi connectivity index (χ2v) is 6.68. The maximum absolute atomic E-state index is 6.04. The topological polar surface area (TPSA) is 77.2 Å². The minimum absolute atomic E-state index is 0.387. The molecule has 7 nitrogen and oxygen atoms in total. The van der Waals surface area contributed by atoms with Crippen molar-refractivity contribution in [1.29, 1.82) is 0 Å². The average molecular weight is 387 g/mol. The normalized spacial score (nSPS) is 11.0. The van der Waals surface area contributed by atoms with Gasteiger partial charge in [0, 0.05) is 23.4 Å². The van der Waals surface area contributed by atoms with Crippen molar-refractivity contribution in [2.75, 3.05) is 12.4 Å². The molecule has 4 aromatic rings. The van der Waals surface area contributed by atoms with Crippen LogP contribution in [0.25, 0.3) is 16.2 Å². The first-order chi connectivity index (χ1) is 12.7. The van der Waals surface area contributed by atoms with Gasteiger partial charge in [0.05, 0.1) is 12.8 Å². The van der Waals surface area contributed by atoms with Crippen LogP contribution >= 0.6 is 22.9 Å². The van der Waals surface area contributed by atoms with Crippen molar-refractivity contribution < 1.29 is 4.74 Å². The molecule has 0 fully saturated rings. The molecule has 1 aromatic carbocycles. The Balaban J connectivity index is 1.69. The lowest BCUT2D eigenvalue weighted by Crippen LogP contribution is -2.01. The third-order valence-corrected chi connectivity index (χ3v) is 4.75. The van der Waals surface area contributed by atoms with E-state index in [0.717, 1.165) is 22.0 Å². The predicted molar refractivity (Wildman–Crippen MR) is 103 cm³/mol. The van der Waals surface area contributed by atoms with Crippen molar-refractivity contribution in [3.05, 3.63) is 46.7 Å². The standard InChI is InChI=1S/C17H15ClN6OS/c1-3-14-19-13(18)8-15(20-14)21-16-22-17-24(23-16)12(9-26-17)10-5-4-6-11(7-10)25-2/h4-9H,3H2,1-2H3,(H,19,20,21,23). The maximum atomic E-state index is 6.04. The molecule has 0 aliphatic carbocycles. The number of thiazole rings is 1. The van der Waals surface area contributed by atoms with E-state index in [1.54, 1.807) is 17.7 Å². The smallest absolute Gasteiger partial charge is 0.249 e. The van der Waals surface area contributed by atoms with Crippen LogP contribution in [0.5, 0.6) is 5.75 Å². The van der Waals surface area contributed by atoms with Crippen LogP contribution in [0.1, 0.15) is 12.7 Å². The fraction of sp³-hybridized carbons (Fsp3) is 0.176. The van der Waals surface area contributed by atoms with Gasteiger partial charge in [0.25, 0.3) is 0 Å². The number of nitrogens with one attached hydrogen (secondary N) is 1. The van der Waals surface area contributed by atoms with E-state index < -0.39 is 0 Å². The molecule has 0 spiro atoms. The number of anilines is 2. The number of aryl methyl sites for hydroxylation is 1. The molecule has 132 valence electrons. The highest BCUT2D eigenvalue weighted by molar-refractivity contribution is 7.15. The number of halogens is 1. The summed E-state index contributed by atoms with van der Waals surface area (Å²) in [6, 6.07) is 9.48. The Bertz CT molecular complexity index is 1080. The lowest BCUT2D eigenvalue weighted by molar-refractivity contribution is 0.415. The molecule has 0 aliphatic rings. The molecule has 0 aliphatic heterocycles. The Hall–Kier alpha value is -2.71. The molecule has 0 saturated heterocycles. The second-order valence-electron chi connectivity index (χ2n) is 5.45. The zero-order chi connectivity index (χ0) is 18.1. The molecule has 0 unspecified atom stereocenters. The molecule has 0 saturated carbocycles. The number of aromatic nitrogens is 5. The van der Waals surface area contributed by atoms with Gasteiger partial charge in [-0.05, 0) is 12.1 Å². The number of rotatable bonds is 5. The Kier molecular flexibility index (Phi) is 4.44. The van der Waals surface area contributed by atoms with Crippen molar-refractivity contribution in [2.45, 2.75) is 13.3 Å². The van der Waals surface area contributed by atoms with Crippen LogP contribution < -0.4 is 10.1 Å². The van der Waals surface area contributed by atoms with E-state index >= 15 is 0 Å². The minimum Gasteiger partial charge on any atom is -0.497 e. The quantitative estimate of drug-likeness (QED) is 0.517. The lowest BCUT2D eigenvalue weighted by Gasteiger charge is -2.04. The van der Waals surface area contributed by atoms with E-state index in [0.29, 0.717) is 29.2 Å². The van der Waals surface area contributed by atoms with Crippen molar-refractivity contribution in [3.63, 3.8) is 0 Å². The van der Waals surface area contributed by atoms with Crippen LogP contribution in [0.4, 0.5) is 11.8 Å². The first-order valence-electron chi connectivity index (χ1n) is 7.95. The highest BCUT2D eigenvalue weighted by Gasteiger charge is 2.13. The van der Waals surface area contributed by atoms with Gasteiger partial charge in [-0.15, -0.1) is 16.4 Å². The molecular formula is C17H15ClN6OS. The highest BCUT2D eigenvalue weighted by atomic mass is 35.5. The molecule has 0 bridgehead atoms. The molecule has 26 heavy (non-hydrogen) atoms. The van der Waals surface area contributed by atoms with E-state index in [1.165, 1.54) is 11.3 Å². The summed E-state index contributed by atoms with van der Waals surface area (Å²) in [4.78, 5) is 13.8. The first-order valence-corrected chi connectivity index (χ1v) is 9.21. The number of nitrogens with zero attached hydrogens (tertiary/aromatic N) is 5. The van der Waals surface area contributed by atoms with Gasteiger partial charge in [-0.3, -0.25) is 0 Å². The lowest BCUT2D eigenvalue weighted by atomic mass is 10.2. The number of fused-ring (bicyclic) bond motifs is 1. The van der Waals surface area contributed by atoms with Gasteiger partial charge < -0.3 is 10.1 Å². The maximum Gasteiger partial charge on any atom is 0.249 e. The summed E-state index contributed by atoms with van der Waals surface area (Å²) in [5.41, 5.74) is 1.95. The summed E-state index contributed by atoms with van der Waals surface area (Å²) < 4.78 is 7.10. The van der Waals surface area contributed by atoms with E-state index in [-0.39, 0.29) is 0 Å². The van der Waals surface area contributed by atoms with Crippen LogP contribution in [0, 0.1) is 0 Å². The molecule has 9 heteroatoms. The molecule has 0 amide bonds. The van der Waals surface area contributed by atoms with Gasteiger partial charge in [0.15, 0.2) is 0 Å². The van der Waals surface area contributed by atoms with Gasteiger partial charge in [-0.1, -0.05) is 30.7 Å². The van der Waals surface area contributed by atoms with Gasteiger partial charge >= 0.3 is 0 Å². The summed E-state index contributed by atoms with van der Waals surface area (Å²) in [6.07, 6.45) is 0.695. The number of hydrogen-bond donors (Lipinski definition) is 1. The van der Waals surface area contributed by atoms with E-state index in [9.17, 15) is 0 Å². The summed E-state index contributed by atoms with van der Waals surface area (Å²) in [5.74, 6) is 2.49. The van der Waals surface area contributed by atoms with Gasteiger partial charge in [-0.25, -0.2) is 14.5 Å². The molecule has 4 rings (SSSR count). The van der Waals surface area contributed by atoms with Crippen LogP contribution in [0.3, 0.4) is 0 Å². The van der Waals surface area contributed by atoms with Gasteiger partial charge in [-0.2, -0.15) is 4.98 Å². The molecule has 0 radical (unpaired) electrons. The molecule has 1 N–H and O–H groups in total. The molecule has 3 aromatic heterocycles. The number of ether oxygens (including phenoxy) is 1. The number of benzene rings is 1. The van der Waals surface area contributed by atoms with Crippen LogP contribution in [-0.2, 0) is 6.42 Å². The SMILES string of the molecule is CCc1nc(Cl)cc(Nc2nc3scc(-c4cccc(OC)c4)n3n2)n1. The van der Waals surface area contributed by atoms with Crippen LogP contribution in [0.2, 0.25) is 5.15 Å². The summed E-state index contributed by atoms with van der Waals surface area (Å²) in [7, 11) is 1.65. The van der Waals surface area contributed by atoms with E-state index in [2.05, 4.69) is 25.4 Å². The zero-order valence-electron chi connectivity index (χ0n) is 14.1. The Morgan fingerprint density at radius 3 is 2.92 bits per heavy atom. The van der Waals surface area contributed by atoms with E-state index in [4.69, 9.17) is 16.3 Å². The molecule has 3 heterocycles. The van der Waals surface area contributed by atoms with Crippen LogP contribution in [-0.4, -0.2) is 31.7 Å². The van der Waals surface area contributed by atoms with Crippen molar-refractivity contribution in [3.8, 4) is 17.0 Å².